The van der Waals surface area contributed by atoms with Crippen LogP contribution in [0.2, 0.25) is 5.02 Å². The third kappa shape index (κ3) is 3.97. The fourth-order valence-corrected chi connectivity index (χ4v) is 3.48. The van der Waals surface area contributed by atoms with Gasteiger partial charge in [-0.1, -0.05) is 23.7 Å². The van der Waals surface area contributed by atoms with E-state index in [9.17, 15) is 5.26 Å². The molecule has 0 radical (unpaired) electrons. The summed E-state index contributed by atoms with van der Waals surface area (Å²) in [6, 6.07) is 12.1. The summed E-state index contributed by atoms with van der Waals surface area (Å²) in [5, 5.41) is 24.6. The zero-order valence-corrected chi connectivity index (χ0v) is 15.5. The van der Waals surface area contributed by atoms with Gasteiger partial charge in [0, 0.05) is 30.2 Å². The van der Waals surface area contributed by atoms with Crippen LogP contribution in [0.15, 0.2) is 36.5 Å². The van der Waals surface area contributed by atoms with Crippen LogP contribution in [0.25, 0.3) is 5.65 Å². The molecule has 1 atom stereocenters. The Morgan fingerprint density at radius 2 is 2.30 bits per heavy atom. The third-order valence-electron chi connectivity index (χ3n) is 4.60. The standard InChI is InChI=1S/C19H20ClN7/c20-15-4-1-3-13(7-15)10-23-18-8-17(25-16-5-2-6-22-12-16)26-19-14(9-21)11-24-27(18)19/h1,3-4,7-8,11,16,22-23H,2,5-6,10,12H2,(H,25,26). The molecule has 0 bridgehead atoms. The molecule has 3 heterocycles. The minimum absolute atomic E-state index is 0.322. The predicted octanol–water partition coefficient (Wildman–Crippen LogP) is 3.03. The lowest BCUT2D eigenvalue weighted by molar-refractivity contribution is 0.479. The highest BCUT2D eigenvalue weighted by atomic mass is 35.5. The first-order chi connectivity index (χ1) is 13.2. The van der Waals surface area contributed by atoms with Gasteiger partial charge >= 0.3 is 0 Å². The van der Waals surface area contributed by atoms with E-state index in [1.807, 2.05) is 30.3 Å². The average Bonchev–Trinajstić information content (AvgIpc) is 3.10. The lowest BCUT2D eigenvalue weighted by Gasteiger charge is -2.24. The summed E-state index contributed by atoms with van der Waals surface area (Å²) in [5.41, 5.74) is 2.05. The molecule has 1 fully saturated rings. The Morgan fingerprint density at radius 1 is 1.37 bits per heavy atom. The normalized spacial score (nSPS) is 16.8. The van der Waals surface area contributed by atoms with E-state index in [1.54, 1.807) is 10.7 Å². The molecular formula is C19H20ClN7. The second-order valence-corrected chi connectivity index (χ2v) is 7.04. The molecule has 2 aromatic heterocycles. The molecule has 0 saturated carbocycles. The van der Waals surface area contributed by atoms with Crippen LogP contribution in [0.3, 0.4) is 0 Å². The minimum atomic E-state index is 0.322. The van der Waals surface area contributed by atoms with Crippen LogP contribution in [0, 0.1) is 11.3 Å². The van der Waals surface area contributed by atoms with Gasteiger partial charge in [0.05, 0.1) is 6.20 Å². The molecule has 3 aromatic rings. The fraction of sp³-hybridized carbons (Fsp3) is 0.316. The number of benzene rings is 1. The summed E-state index contributed by atoms with van der Waals surface area (Å²) in [4.78, 5) is 4.61. The summed E-state index contributed by atoms with van der Waals surface area (Å²) >= 11 is 6.07. The van der Waals surface area contributed by atoms with Crippen molar-refractivity contribution in [2.75, 3.05) is 23.7 Å². The predicted molar refractivity (Wildman–Crippen MR) is 106 cm³/mol. The number of anilines is 2. The SMILES string of the molecule is N#Cc1cnn2c(NCc3cccc(Cl)c3)cc(NC3CCCNC3)nc12. The van der Waals surface area contributed by atoms with Gasteiger partial charge in [0.1, 0.15) is 23.3 Å². The Hall–Kier alpha value is -2.82. The van der Waals surface area contributed by atoms with E-state index < -0.39 is 0 Å². The second-order valence-electron chi connectivity index (χ2n) is 6.60. The zero-order valence-electron chi connectivity index (χ0n) is 14.7. The fourth-order valence-electron chi connectivity index (χ4n) is 3.27. The van der Waals surface area contributed by atoms with E-state index in [0.717, 1.165) is 43.1 Å². The minimum Gasteiger partial charge on any atom is -0.366 e. The number of nitriles is 1. The van der Waals surface area contributed by atoms with Crippen molar-refractivity contribution in [3.05, 3.63) is 52.7 Å². The topological polar surface area (TPSA) is 90.1 Å². The third-order valence-corrected chi connectivity index (χ3v) is 4.84. The van der Waals surface area contributed by atoms with Gasteiger partial charge in [-0.3, -0.25) is 0 Å². The molecule has 7 nitrogen and oxygen atoms in total. The lowest BCUT2D eigenvalue weighted by atomic mass is 10.1. The second kappa shape index (κ2) is 7.82. The first kappa shape index (κ1) is 17.6. The molecule has 3 N–H and O–H groups in total. The summed E-state index contributed by atoms with van der Waals surface area (Å²) in [5.74, 6) is 1.51. The maximum Gasteiger partial charge on any atom is 0.177 e. The van der Waals surface area contributed by atoms with Crippen molar-refractivity contribution in [2.45, 2.75) is 25.4 Å². The maximum atomic E-state index is 9.36. The highest BCUT2D eigenvalue weighted by Gasteiger charge is 2.16. The van der Waals surface area contributed by atoms with Crippen molar-refractivity contribution >= 4 is 28.9 Å². The van der Waals surface area contributed by atoms with E-state index >= 15 is 0 Å². The van der Waals surface area contributed by atoms with E-state index in [-0.39, 0.29) is 0 Å². The van der Waals surface area contributed by atoms with Gasteiger partial charge in [0.2, 0.25) is 0 Å². The van der Waals surface area contributed by atoms with Crippen molar-refractivity contribution in [2.24, 2.45) is 0 Å². The van der Waals surface area contributed by atoms with Crippen LogP contribution in [-0.4, -0.2) is 33.7 Å². The molecule has 0 aliphatic carbocycles. The number of piperidine rings is 1. The van der Waals surface area contributed by atoms with Gasteiger partial charge in [-0.15, -0.1) is 0 Å². The smallest absolute Gasteiger partial charge is 0.177 e. The van der Waals surface area contributed by atoms with Gasteiger partial charge in [-0.25, -0.2) is 4.98 Å². The van der Waals surface area contributed by atoms with E-state index in [2.05, 4.69) is 32.1 Å². The van der Waals surface area contributed by atoms with Crippen LogP contribution >= 0.6 is 11.6 Å². The molecule has 27 heavy (non-hydrogen) atoms. The quantitative estimate of drug-likeness (QED) is 0.629. The first-order valence-electron chi connectivity index (χ1n) is 8.97. The van der Waals surface area contributed by atoms with Crippen LogP contribution in [0.4, 0.5) is 11.6 Å². The number of hydrogen-bond acceptors (Lipinski definition) is 6. The molecule has 1 unspecified atom stereocenters. The molecule has 1 aliphatic heterocycles. The zero-order chi connectivity index (χ0) is 18.6. The molecule has 0 spiro atoms. The van der Waals surface area contributed by atoms with Gasteiger partial charge in [-0.05, 0) is 37.1 Å². The summed E-state index contributed by atoms with van der Waals surface area (Å²) in [6.45, 7) is 2.55. The van der Waals surface area contributed by atoms with E-state index in [0.29, 0.717) is 28.8 Å². The number of nitrogens with one attached hydrogen (secondary N) is 3. The molecule has 1 saturated heterocycles. The molecule has 4 rings (SSSR count). The first-order valence-corrected chi connectivity index (χ1v) is 9.35. The highest BCUT2D eigenvalue weighted by Crippen LogP contribution is 2.21. The number of aromatic nitrogens is 3. The van der Waals surface area contributed by atoms with E-state index in [1.165, 1.54) is 0 Å². The van der Waals surface area contributed by atoms with Crippen LogP contribution in [0.5, 0.6) is 0 Å². The molecule has 1 aliphatic rings. The Morgan fingerprint density at radius 3 is 3.07 bits per heavy atom. The summed E-state index contributed by atoms with van der Waals surface area (Å²) < 4.78 is 1.66. The number of hydrogen-bond donors (Lipinski definition) is 3. The van der Waals surface area contributed by atoms with Crippen LogP contribution in [0.1, 0.15) is 24.0 Å². The monoisotopic (exact) mass is 381 g/mol. The van der Waals surface area contributed by atoms with Crippen molar-refractivity contribution in [3.8, 4) is 6.07 Å². The molecule has 138 valence electrons. The van der Waals surface area contributed by atoms with Crippen LogP contribution in [-0.2, 0) is 6.54 Å². The summed E-state index contributed by atoms with van der Waals surface area (Å²) in [7, 11) is 0. The molecule has 8 heteroatoms. The van der Waals surface area contributed by atoms with Crippen molar-refractivity contribution in [1.29, 1.82) is 5.26 Å². The van der Waals surface area contributed by atoms with Gasteiger partial charge < -0.3 is 16.0 Å². The number of nitrogens with zero attached hydrogens (tertiary/aromatic N) is 4. The largest absolute Gasteiger partial charge is 0.366 e. The number of rotatable bonds is 5. The maximum absolute atomic E-state index is 9.36. The Labute approximate surface area is 162 Å². The Bertz CT molecular complexity index is 985. The Balaban J connectivity index is 1.63. The van der Waals surface area contributed by atoms with E-state index in [4.69, 9.17) is 11.6 Å². The van der Waals surface area contributed by atoms with Crippen molar-refractivity contribution < 1.29 is 0 Å². The van der Waals surface area contributed by atoms with Gasteiger partial charge in [0.15, 0.2) is 5.65 Å². The average molecular weight is 382 g/mol. The van der Waals surface area contributed by atoms with Crippen LogP contribution < -0.4 is 16.0 Å². The number of halogens is 1. The highest BCUT2D eigenvalue weighted by molar-refractivity contribution is 6.30. The number of fused-ring (bicyclic) bond motifs is 1. The lowest BCUT2D eigenvalue weighted by Crippen LogP contribution is -2.38. The molecule has 1 aromatic carbocycles. The van der Waals surface area contributed by atoms with Gasteiger partial charge in [0.25, 0.3) is 0 Å². The Kier molecular flexibility index (Phi) is 5.10. The molecular weight excluding hydrogens is 362 g/mol. The van der Waals surface area contributed by atoms with Gasteiger partial charge in [-0.2, -0.15) is 14.9 Å². The van der Waals surface area contributed by atoms with Crippen molar-refractivity contribution in [3.63, 3.8) is 0 Å². The van der Waals surface area contributed by atoms with Crippen molar-refractivity contribution in [1.82, 2.24) is 19.9 Å². The molecule has 0 amide bonds. The summed E-state index contributed by atoms with van der Waals surface area (Å²) in [6.07, 6.45) is 3.77.